The fourth-order valence-electron chi connectivity index (χ4n) is 4.01. The Hall–Kier alpha value is -4.88. The van der Waals surface area contributed by atoms with E-state index in [1.807, 2.05) is 49.4 Å². The van der Waals surface area contributed by atoms with E-state index in [1.165, 1.54) is 0 Å². The Morgan fingerprint density at radius 1 is 0.769 bits per heavy atom. The molecule has 0 aromatic heterocycles. The molecule has 4 aromatic rings. The highest BCUT2D eigenvalue weighted by molar-refractivity contribution is 6.53. The van der Waals surface area contributed by atoms with Gasteiger partial charge in [-0.15, -0.1) is 0 Å². The highest BCUT2D eigenvalue weighted by Gasteiger charge is 2.38. The van der Waals surface area contributed by atoms with Gasteiger partial charge in [-0.05, 0) is 84.8 Å². The summed E-state index contributed by atoms with van der Waals surface area (Å²) in [5, 5.41) is 5.57. The van der Waals surface area contributed by atoms with Crippen molar-refractivity contribution < 1.29 is 19.1 Å². The van der Waals surface area contributed by atoms with Gasteiger partial charge in [-0.25, -0.2) is 4.90 Å². The van der Waals surface area contributed by atoms with Crippen LogP contribution in [-0.4, -0.2) is 17.7 Å². The third-order valence-corrected chi connectivity index (χ3v) is 6.49. The second-order valence-corrected chi connectivity index (χ2v) is 9.13. The lowest BCUT2D eigenvalue weighted by molar-refractivity contribution is -0.120. The quantitative estimate of drug-likeness (QED) is 0.243. The average Bonchev–Trinajstić information content (AvgIpc) is 3.18. The van der Waals surface area contributed by atoms with Gasteiger partial charge in [-0.3, -0.25) is 14.4 Å². The maximum atomic E-state index is 13.0. The van der Waals surface area contributed by atoms with Crippen LogP contribution in [0.2, 0.25) is 0 Å². The van der Waals surface area contributed by atoms with Crippen LogP contribution in [0.1, 0.15) is 22.8 Å². The summed E-state index contributed by atoms with van der Waals surface area (Å²) < 4.78 is 5.77. The number of ether oxygens (including phenoxy) is 1. The lowest BCUT2D eigenvalue weighted by atomic mass is 10.1. The Kier molecular flexibility index (Phi) is 7.43. The number of rotatable bonds is 8. The number of hydrogen-bond donors (Lipinski definition) is 2. The predicted molar refractivity (Wildman–Crippen MR) is 152 cm³/mol. The molecule has 0 saturated heterocycles. The third-order valence-electron chi connectivity index (χ3n) is 6.14. The van der Waals surface area contributed by atoms with Gasteiger partial charge in [-0.2, -0.15) is 0 Å². The van der Waals surface area contributed by atoms with Gasteiger partial charge < -0.3 is 15.4 Å². The van der Waals surface area contributed by atoms with Gasteiger partial charge in [0.1, 0.15) is 22.2 Å². The van der Waals surface area contributed by atoms with Crippen molar-refractivity contribution in [2.45, 2.75) is 13.3 Å². The summed E-state index contributed by atoms with van der Waals surface area (Å²) in [5.74, 6) is -0.0641. The largest absolute Gasteiger partial charge is 0.457 e. The average molecular weight is 538 g/mol. The van der Waals surface area contributed by atoms with Crippen molar-refractivity contribution in [2.75, 3.05) is 15.5 Å². The van der Waals surface area contributed by atoms with E-state index in [4.69, 9.17) is 16.3 Å². The molecular formula is C31H24ClN3O4. The highest BCUT2D eigenvalue weighted by atomic mass is 35.5. The molecule has 0 spiro atoms. The van der Waals surface area contributed by atoms with E-state index in [0.717, 1.165) is 22.6 Å². The molecule has 5 rings (SSSR count). The van der Waals surface area contributed by atoms with Gasteiger partial charge in [-0.1, -0.05) is 48.9 Å². The van der Waals surface area contributed by atoms with E-state index in [2.05, 4.69) is 10.6 Å². The molecule has 7 nitrogen and oxygen atoms in total. The van der Waals surface area contributed by atoms with Crippen molar-refractivity contribution in [2.24, 2.45) is 0 Å². The van der Waals surface area contributed by atoms with E-state index >= 15 is 0 Å². The van der Waals surface area contributed by atoms with E-state index in [-0.39, 0.29) is 16.6 Å². The van der Waals surface area contributed by atoms with Crippen LogP contribution >= 0.6 is 11.6 Å². The number of nitrogens with one attached hydrogen (secondary N) is 2. The monoisotopic (exact) mass is 537 g/mol. The van der Waals surface area contributed by atoms with Crippen molar-refractivity contribution in [1.29, 1.82) is 0 Å². The van der Waals surface area contributed by atoms with Gasteiger partial charge in [0.15, 0.2) is 0 Å². The molecule has 0 saturated carbocycles. The third kappa shape index (κ3) is 5.68. The second kappa shape index (κ2) is 11.2. The zero-order valence-electron chi connectivity index (χ0n) is 21.0. The molecule has 4 aromatic carbocycles. The Morgan fingerprint density at radius 3 is 2.03 bits per heavy atom. The molecule has 1 aliphatic heterocycles. The number of amides is 3. The molecule has 0 bridgehead atoms. The minimum Gasteiger partial charge on any atom is -0.457 e. The minimum absolute atomic E-state index is 0.0174. The number of nitrogens with zero attached hydrogens (tertiary/aromatic N) is 1. The van der Waals surface area contributed by atoms with Crippen molar-refractivity contribution >= 4 is 46.4 Å². The molecule has 0 atom stereocenters. The first-order valence-electron chi connectivity index (χ1n) is 12.3. The smallest absolute Gasteiger partial charge is 0.283 e. The molecule has 1 aliphatic rings. The summed E-state index contributed by atoms with van der Waals surface area (Å²) in [6, 6.07) is 30.2. The number of hydrogen-bond acceptors (Lipinski definition) is 5. The number of aryl methyl sites for hydroxylation is 1. The predicted octanol–water partition coefficient (Wildman–Crippen LogP) is 6.73. The van der Waals surface area contributed by atoms with Crippen molar-refractivity contribution in [3.8, 4) is 11.5 Å². The lowest BCUT2D eigenvalue weighted by Crippen LogP contribution is -2.32. The topological polar surface area (TPSA) is 87.7 Å². The SMILES string of the molecule is CCc1ccc(N2C(=O)C(Cl)=C(Nc3ccc(C(=O)Nc4ccc(Oc5ccccc5)cc4)cc3)C2=O)cc1. The Morgan fingerprint density at radius 2 is 1.38 bits per heavy atom. The molecule has 0 unspecified atom stereocenters. The summed E-state index contributed by atoms with van der Waals surface area (Å²) in [6.07, 6.45) is 0.845. The number of carbonyl (C=O) groups excluding carboxylic acids is 3. The summed E-state index contributed by atoms with van der Waals surface area (Å²) in [4.78, 5) is 39.5. The number of para-hydroxylation sites is 1. The summed E-state index contributed by atoms with van der Waals surface area (Å²) in [6.45, 7) is 2.02. The minimum atomic E-state index is -0.593. The van der Waals surface area contributed by atoms with Crippen LogP contribution in [0.5, 0.6) is 11.5 Å². The first-order valence-corrected chi connectivity index (χ1v) is 12.7. The molecule has 194 valence electrons. The van der Waals surface area contributed by atoms with Gasteiger partial charge in [0.2, 0.25) is 0 Å². The molecule has 1 heterocycles. The fraction of sp³-hybridized carbons (Fsp3) is 0.0645. The van der Waals surface area contributed by atoms with Crippen LogP contribution in [0.25, 0.3) is 0 Å². The fourth-order valence-corrected chi connectivity index (χ4v) is 4.22. The van der Waals surface area contributed by atoms with Gasteiger partial charge in [0.25, 0.3) is 17.7 Å². The molecule has 8 heteroatoms. The molecule has 2 N–H and O–H groups in total. The highest BCUT2D eigenvalue weighted by Crippen LogP contribution is 2.30. The summed E-state index contributed by atoms with van der Waals surface area (Å²) in [5.41, 5.74) is 3.05. The van der Waals surface area contributed by atoms with E-state index < -0.39 is 11.8 Å². The van der Waals surface area contributed by atoms with Gasteiger partial charge in [0, 0.05) is 16.9 Å². The van der Waals surface area contributed by atoms with Crippen LogP contribution < -0.4 is 20.3 Å². The summed E-state index contributed by atoms with van der Waals surface area (Å²) >= 11 is 6.24. The number of benzene rings is 4. The first-order chi connectivity index (χ1) is 18.9. The van der Waals surface area contributed by atoms with E-state index in [9.17, 15) is 14.4 Å². The van der Waals surface area contributed by atoms with Crippen LogP contribution in [0.4, 0.5) is 17.1 Å². The van der Waals surface area contributed by atoms with Crippen molar-refractivity contribution in [1.82, 2.24) is 0 Å². The Balaban J connectivity index is 1.21. The van der Waals surface area contributed by atoms with Crippen LogP contribution in [0, 0.1) is 0 Å². The molecule has 0 fully saturated rings. The molecule has 0 radical (unpaired) electrons. The van der Waals surface area contributed by atoms with Crippen LogP contribution in [0.15, 0.2) is 114 Å². The number of anilines is 3. The standard InChI is InChI=1S/C31H24ClN3O4/c1-2-20-8-16-24(17-9-20)35-30(37)27(32)28(31(35)38)33-22-12-10-21(11-13-22)29(36)34-23-14-18-26(19-15-23)39-25-6-4-3-5-7-25/h3-19,33H,2H2,1H3,(H,34,36). The maximum absolute atomic E-state index is 13.0. The molecule has 39 heavy (non-hydrogen) atoms. The Bertz CT molecular complexity index is 1550. The van der Waals surface area contributed by atoms with Crippen molar-refractivity contribution in [3.63, 3.8) is 0 Å². The van der Waals surface area contributed by atoms with Gasteiger partial charge >= 0.3 is 0 Å². The molecule has 3 amide bonds. The van der Waals surface area contributed by atoms with Crippen molar-refractivity contribution in [3.05, 3.63) is 125 Å². The van der Waals surface area contributed by atoms with Crippen LogP contribution in [-0.2, 0) is 16.0 Å². The number of imide groups is 1. The zero-order chi connectivity index (χ0) is 27.4. The first kappa shape index (κ1) is 25.8. The van der Waals surface area contributed by atoms with Gasteiger partial charge in [0.05, 0.1) is 5.69 Å². The number of carbonyl (C=O) groups is 3. The maximum Gasteiger partial charge on any atom is 0.283 e. The lowest BCUT2D eigenvalue weighted by Gasteiger charge is -2.15. The zero-order valence-corrected chi connectivity index (χ0v) is 21.7. The summed E-state index contributed by atoms with van der Waals surface area (Å²) in [7, 11) is 0. The second-order valence-electron chi connectivity index (χ2n) is 8.75. The van der Waals surface area contributed by atoms with E-state index in [0.29, 0.717) is 28.4 Å². The Labute approximate surface area is 230 Å². The molecule has 0 aliphatic carbocycles. The van der Waals surface area contributed by atoms with Crippen LogP contribution in [0.3, 0.4) is 0 Å². The number of halogens is 1. The normalized spacial score (nSPS) is 13.0. The molecular weight excluding hydrogens is 514 g/mol. The van der Waals surface area contributed by atoms with E-state index in [1.54, 1.807) is 60.7 Å².